The van der Waals surface area contributed by atoms with Crippen molar-refractivity contribution in [1.82, 2.24) is 10.3 Å². The molecule has 0 unspecified atom stereocenters. The van der Waals surface area contributed by atoms with E-state index in [1.54, 1.807) is 6.07 Å². The highest BCUT2D eigenvalue weighted by Crippen LogP contribution is 2.23. The number of alkyl carbamates (subject to hydrolysis) is 1. The molecule has 0 atom stereocenters. The molecule has 0 spiro atoms. The van der Waals surface area contributed by atoms with Gasteiger partial charge in [0, 0.05) is 10.9 Å². The molecule has 0 saturated carbocycles. The number of fused-ring (bicyclic) bond motifs is 1. The number of amides is 2. The Kier molecular flexibility index (Phi) is 2.68. The lowest BCUT2D eigenvalue weighted by Gasteiger charge is -2.02. The van der Waals surface area contributed by atoms with Crippen molar-refractivity contribution in [3.63, 3.8) is 0 Å². The second-order valence-electron chi connectivity index (χ2n) is 3.91. The zero-order valence-electron chi connectivity index (χ0n) is 9.51. The van der Waals surface area contributed by atoms with Gasteiger partial charge in [-0.15, -0.1) is 0 Å². The van der Waals surface area contributed by atoms with Crippen molar-refractivity contribution in [2.24, 2.45) is 0 Å². The summed E-state index contributed by atoms with van der Waals surface area (Å²) in [5, 5.41) is 3.13. The van der Waals surface area contributed by atoms with Crippen LogP contribution < -0.4 is 5.32 Å². The van der Waals surface area contributed by atoms with E-state index >= 15 is 0 Å². The number of hydrogen-bond acceptors (Lipinski definition) is 4. The maximum Gasteiger partial charge on any atom is 0.419 e. The van der Waals surface area contributed by atoms with Crippen molar-refractivity contribution in [3.8, 4) is 0 Å². The van der Waals surface area contributed by atoms with E-state index in [1.165, 1.54) is 6.08 Å². The van der Waals surface area contributed by atoms with Gasteiger partial charge in [-0.25, -0.2) is 9.78 Å². The lowest BCUT2D eigenvalue weighted by atomic mass is 10.1. The number of nitrogens with one attached hydrogen (secondary N) is 1. The first-order valence-electron chi connectivity index (χ1n) is 5.43. The van der Waals surface area contributed by atoms with Crippen LogP contribution in [0.1, 0.15) is 5.56 Å². The van der Waals surface area contributed by atoms with Crippen molar-refractivity contribution < 1.29 is 14.3 Å². The molecule has 6 heteroatoms. The molecule has 1 fully saturated rings. The molecule has 19 heavy (non-hydrogen) atoms. The van der Waals surface area contributed by atoms with Gasteiger partial charge in [0.15, 0.2) is 5.76 Å². The van der Waals surface area contributed by atoms with E-state index in [1.807, 2.05) is 29.6 Å². The predicted molar refractivity (Wildman–Crippen MR) is 69.4 cm³/mol. The molecular formula is C13H7ClN2O3. The minimum Gasteiger partial charge on any atom is -0.404 e. The van der Waals surface area contributed by atoms with Crippen molar-refractivity contribution in [2.75, 3.05) is 0 Å². The van der Waals surface area contributed by atoms with Gasteiger partial charge in [0.05, 0.1) is 5.52 Å². The second-order valence-corrected chi connectivity index (χ2v) is 4.27. The SMILES string of the molecule is O=C1NC(=O)/C(=C\c2cc3ccccc3nc2Cl)O1. The first-order valence-corrected chi connectivity index (χ1v) is 5.81. The fourth-order valence-corrected chi connectivity index (χ4v) is 1.97. The van der Waals surface area contributed by atoms with Gasteiger partial charge in [0.1, 0.15) is 5.15 Å². The largest absolute Gasteiger partial charge is 0.419 e. The lowest BCUT2D eigenvalue weighted by Crippen LogP contribution is -2.18. The number of hydrogen-bond donors (Lipinski definition) is 1. The number of ether oxygens (including phenoxy) is 1. The highest BCUT2D eigenvalue weighted by molar-refractivity contribution is 6.31. The summed E-state index contributed by atoms with van der Waals surface area (Å²) in [6, 6.07) is 9.21. The molecule has 2 heterocycles. The van der Waals surface area contributed by atoms with E-state index in [-0.39, 0.29) is 10.9 Å². The average Bonchev–Trinajstić information content (AvgIpc) is 2.69. The number of rotatable bonds is 1. The number of pyridine rings is 1. The summed E-state index contributed by atoms with van der Waals surface area (Å²) in [7, 11) is 0. The molecule has 1 aromatic carbocycles. The molecule has 94 valence electrons. The quantitative estimate of drug-likeness (QED) is 0.641. The summed E-state index contributed by atoms with van der Waals surface area (Å²) < 4.78 is 4.72. The standard InChI is InChI=1S/C13H7ClN2O3/c14-11-8(6-10-12(17)16-13(18)19-10)5-7-3-1-2-4-9(7)15-11/h1-6H,(H,16,17,18)/b10-6+. The van der Waals surface area contributed by atoms with Gasteiger partial charge in [-0.2, -0.15) is 0 Å². The van der Waals surface area contributed by atoms with E-state index in [0.29, 0.717) is 5.56 Å². The van der Waals surface area contributed by atoms with E-state index < -0.39 is 12.0 Å². The number of para-hydroxylation sites is 1. The van der Waals surface area contributed by atoms with Crippen LogP contribution in [0.4, 0.5) is 4.79 Å². The Hall–Kier alpha value is -2.40. The summed E-state index contributed by atoms with van der Waals surface area (Å²) in [6.07, 6.45) is 0.600. The smallest absolute Gasteiger partial charge is 0.404 e. The van der Waals surface area contributed by atoms with Gasteiger partial charge in [-0.05, 0) is 18.2 Å². The number of aromatic nitrogens is 1. The van der Waals surface area contributed by atoms with Crippen molar-refractivity contribution in [1.29, 1.82) is 0 Å². The molecule has 2 aromatic rings. The second kappa shape index (κ2) is 4.37. The Morgan fingerprint density at radius 3 is 2.79 bits per heavy atom. The highest BCUT2D eigenvalue weighted by Gasteiger charge is 2.26. The van der Waals surface area contributed by atoms with E-state index in [0.717, 1.165) is 10.9 Å². The number of benzene rings is 1. The molecule has 0 radical (unpaired) electrons. The average molecular weight is 275 g/mol. The summed E-state index contributed by atoms with van der Waals surface area (Å²) in [5.41, 5.74) is 1.27. The lowest BCUT2D eigenvalue weighted by molar-refractivity contribution is -0.116. The molecule has 0 bridgehead atoms. The van der Waals surface area contributed by atoms with E-state index in [2.05, 4.69) is 4.98 Å². The zero-order valence-corrected chi connectivity index (χ0v) is 10.3. The summed E-state index contributed by atoms with van der Waals surface area (Å²) >= 11 is 6.04. The highest BCUT2D eigenvalue weighted by atomic mass is 35.5. The fraction of sp³-hybridized carbons (Fsp3) is 0. The Labute approximate surface area is 112 Å². The Morgan fingerprint density at radius 2 is 2.05 bits per heavy atom. The van der Waals surface area contributed by atoms with Gasteiger partial charge in [-0.1, -0.05) is 29.8 Å². The van der Waals surface area contributed by atoms with Crippen LogP contribution in [0.5, 0.6) is 0 Å². The number of imide groups is 1. The van der Waals surface area contributed by atoms with Crippen LogP contribution in [0.3, 0.4) is 0 Å². The number of halogens is 1. The third-order valence-corrected chi connectivity index (χ3v) is 2.94. The van der Waals surface area contributed by atoms with Crippen LogP contribution in [-0.2, 0) is 9.53 Å². The number of carbonyl (C=O) groups excluding carboxylic acids is 2. The zero-order chi connectivity index (χ0) is 13.4. The van der Waals surface area contributed by atoms with Crippen LogP contribution in [0.2, 0.25) is 5.15 Å². The molecule has 2 amide bonds. The summed E-state index contributed by atoms with van der Waals surface area (Å²) in [6.45, 7) is 0. The maximum absolute atomic E-state index is 11.4. The molecular weight excluding hydrogens is 268 g/mol. The van der Waals surface area contributed by atoms with Gasteiger partial charge < -0.3 is 4.74 Å². The van der Waals surface area contributed by atoms with Gasteiger partial charge in [0.2, 0.25) is 0 Å². The number of carbonyl (C=O) groups is 2. The summed E-state index contributed by atoms with van der Waals surface area (Å²) in [5.74, 6) is -0.682. The van der Waals surface area contributed by atoms with Gasteiger partial charge >= 0.3 is 6.09 Å². The summed E-state index contributed by atoms with van der Waals surface area (Å²) in [4.78, 5) is 26.5. The molecule has 1 N–H and O–H groups in total. The van der Waals surface area contributed by atoms with Crippen molar-refractivity contribution in [2.45, 2.75) is 0 Å². The van der Waals surface area contributed by atoms with Crippen molar-refractivity contribution >= 4 is 40.6 Å². The molecule has 0 aliphatic carbocycles. The normalized spacial score (nSPS) is 16.8. The van der Waals surface area contributed by atoms with Gasteiger partial charge in [-0.3, -0.25) is 10.1 Å². The number of cyclic esters (lactones) is 1. The van der Waals surface area contributed by atoms with Crippen LogP contribution in [0.15, 0.2) is 36.1 Å². The van der Waals surface area contributed by atoms with Gasteiger partial charge in [0.25, 0.3) is 5.91 Å². The van der Waals surface area contributed by atoms with Crippen molar-refractivity contribution in [3.05, 3.63) is 46.8 Å². The molecule has 1 saturated heterocycles. The molecule has 1 aliphatic rings. The molecule has 1 aromatic heterocycles. The first kappa shape index (κ1) is 11.7. The minimum absolute atomic E-state index is 0.0935. The van der Waals surface area contributed by atoms with Crippen LogP contribution in [0, 0.1) is 0 Å². The molecule has 3 rings (SSSR count). The Balaban J connectivity index is 2.10. The Morgan fingerprint density at radius 1 is 1.26 bits per heavy atom. The van der Waals surface area contributed by atoms with Crippen LogP contribution in [0.25, 0.3) is 17.0 Å². The van der Waals surface area contributed by atoms with E-state index in [4.69, 9.17) is 16.3 Å². The molecule has 1 aliphatic heterocycles. The minimum atomic E-state index is -0.791. The molecule has 5 nitrogen and oxygen atoms in total. The topological polar surface area (TPSA) is 68.3 Å². The third kappa shape index (κ3) is 2.15. The van der Waals surface area contributed by atoms with Crippen LogP contribution in [-0.4, -0.2) is 17.0 Å². The maximum atomic E-state index is 11.4. The van der Waals surface area contributed by atoms with Crippen LogP contribution >= 0.6 is 11.6 Å². The monoisotopic (exact) mass is 274 g/mol. The third-order valence-electron chi connectivity index (χ3n) is 2.63. The first-order chi connectivity index (χ1) is 9.13. The van der Waals surface area contributed by atoms with E-state index in [9.17, 15) is 9.59 Å². The Bertz CT molecular complexity index is 740. The number of nitrogens with zero attached hydrogens (tertiary/aromatic N) is 1. The fourth-order valence-electron chi connectivity index (χ4n) is 1.77. The predicted octanol–water partition coefficient (Wildman–Crippen LogP) is 2.50.